The number of nitrogens with zero attached hydrogens (tertiary/aromatic N) is 4. The van der Waals surface area contributed by atoms with Gasteiger partial charge in [-0.25, -0.2) is 15.2 Å². The van der Waals surface area contributed by atoms with Crippen molar-refractivity contribution in [2.24, 2.45) is 0 Å². The van der Waals surface area contributed by atoms with E-state index < -0.39 is 55.9 Å². The Morgan fingerprint density at radius 2 is 1.54 bits per heavy atom. The van der Waals surface area contributed by atoms with Gasteiger partial charge in [0.2, 0.25) is 12.2 Å². The average Bonchev–Trinajstić information content (AvgIpc) is 3.82. The highest BCUT2D eigenvalue weighted by Gasteiger charge is 2.49. The van der Waals surface area contributed by atoms with E-state index in [4.69, 9.17) is 24.5 Å². The van der Waals surface area contributed by atoms with E-state index in [2.05, 4.69) is 30.4 Å². The summed E-state index contributed by atoms with van der Waals surface area (Å²) in [5.74, 6) is -1.93. The van der Waals surface area contributed by atoms with Crippen LogP contribution >= 0.6 is 7.67 Å². The van der Waals surface area contributed by atoms with Gasteiger partial charge in [0.05, 0.1) is 13.2 Å². The van der Waals surface area contributed by atoms with Gasteiger partial charge in [0.1, 0.15) is 25.0 Å². The van der Waals surface area contributed by atoms with E-state index in [1.165, 1.54) is 17.8 Å². The quantitative estimate of drug-likeness (QED) is 0.0626. The second-order valence-corrected chi connectivity index (χ2v) is 15.0. The predicted molar refractivity (Wildman–Crippen MR) is 198 cm³/mol. The van der Waals surface area contributed by atoms with E-state index in [9.17, 15) is 24.4 Å². The maximum atomic E-state index is 15.0. The minimum Gasteiger partial charge on any atom is -0.506 e. The molecule has 1 aliphatic heterocycles. The van der Waals surface area contributed by atoms with Gasteiger partial charge in [0.15, 0.2) is 34.1 Å². The molecular weight excluding hydrogens is 719 g/mol. The van der Waals surface area contributed by atoms with Crippen LogP contribution in [0.3, 0.4) is 0 Å². The summed E-state index contributed by atoms with van der Waals surface area (Å²) in [5, 5.41) is 31.7. The van der Waals surface area contributed by atoms with Gasteiger partial charge in [0, 0.05) is 6.04 Å². The second kappa shape index (κ2) is 16.5. The molecule has 2 aromatic heterocycles. The smallest absolute Gasteiger partial charge is 0.342 e. The number of carbonyl (C=O) groups is 2. The molecule has 1 aliphatic carbocycles. The van der Waals surface area contributed by atoms with Crippen LogP contribution in [0.5, 0.6) is 0 Å². The molecule has 0 amide bonds. The Bertz CT molecular complexity index is 1950. The van der Waals surface area contributed by atoms with Crippen LogP contribution in [-0.4, -0.2) is 85.2 Å². The molecule has 288 valence electrons. The molecule has 7 N–H and O–H groups in total. The van der Waals surface area contributed by atoms with Crippen LogP contribution in [0.4, 0.5) is 11.8 Å². The Balaban J connectivity index is 1.30. The molecule has 6 rings (SSSR count). The number of imidazole rings is 1. The van der Waals surface area contributed by atoms with Crippen molar-refractivity contribution >= 4 is 42.5 Å². The van der Waals surface area contributed by atoms with E-state index in [0.29, 0.717) is 11.3 Å². The molecule has 17 nitrogen and oxygen atoms in total. The molecule has 0 bridgehead atoms. The first kappa shape index (κ1) is 38.7. The Kier molecular flexibility index (Phi) is 11.8. The van der Waals surface area contributed by atoms with Crippen molar-refractivity contribution in [1.29, 1.82) is 0 Å². The highest BCUT2D eigenvalue weighted by molar-refractivity contribution is 7.54. The van der Waals surface area contributed by atoms with E-state index >= 15 is 0 Å². The van der Waals surface area contributed by atoms with Gasteiger partial charge in [0.25, 0.3) is 0 Å². The van der Waals surface area contributed by atoms with Crippen molar-refractivity contribution in [2.45, 2.75) is 76.4 Å². The lowest BCUT2D eigenvalue weighted by molar-refractivity contribution is -0.145. The van der Waals surface area contributed by atoms with Crippen molar-refractivity contribution in [3.8, 4) is 0 Å². The van der Waals surface area contributed by atoms with Crippen LogP contribution in [0.15, 0.2) is 78.5 Å². The van der Waals surface area contributed by atoms with Crippen LogP contribution in [0.25, 0.3) is 11.2 Å². The zero-order valence-electron chi connectivity index (χ0n) is 30.2. The van der Waals surface area contributed by atoms with Crippen molar-refractivity contribution in [2.75, 3.05) is 30.9 Å². The number of anilines is 2. The number of fused-ring (bicyclic) bond motifs is 1. The fraction of sp³-hybridized carbons (Fsp3) is 0.417. The van der Waals surface area contributed by atoms with E-state index in [0.717, 1.165) is 24.0 Å². The summed E-state index contributed by atoms with van der Waals surface area (Å²) in [6, 6.07) is 15.8. The highest BCUT2D eigenvalue weighted by Crippen LogP contribution is 2.45. The number of esters is 2. The second-order valence-electron chi connectivity index (χ2n) is 13.1. The van der Waals surface area contributed by atoms with E-state index in [1.54, 1.807) is 62.4 Å². The zero-order valence-corrected chi connectivity index (χ0v) is 31.1. The van der Waals surface area contributed by atoms with Crippen LogP contribution < -0.4 is 21.2 Å². The molecule has 1 unspecified atom stereocenters. The third-order valence-corrected chi connectivity index (χ3v) is 10.6. The monoisotopic (exact) mass is 764 g/mol. The summed E-state index contributed by atoms with van der Waals surface area (Å²) in [6.07, 6.45) is 2.11. The molecule has 4 aromatic rings. The number of hydrogen-bond acceptors (Lipinski definition) is 14. The third kappa shape index (κ3) is 9.00. The lowest BCUT2D eigenvalue weighted by atomic mass is 10.0. The molecule has 2 aliphatic rings. The SMILES string of the molecule is CCOC(=O)[C@H](Cc1ccccc1)NP(=O)(N[C@@H](Cc1ccccc1)C(=O)OCC)OCC1=C(O)C(C)(O)[C@H](n2cnc3c(NC4CC4)nc(N)nc32)O1. The number of benzene rings is 2. The van der Waals surface area contributed by atoms with Crippen molar-refractivity contribution in [3.63, 3.8) is 0 Å². The zero-order chi connectivity index (χ0) is 38.5. The summed E-state index contributed by atoms with van der Waals surface area (Å²) >= 11 is 0. The summed E-state index contributed by atoms with van der Waals surface area (Å²) in [4.78, 5) is 39.6. The maximum absolute atomic E-state index is 15.0. The molecule has 54 heavy (non-hydrogen) atoms. The fourth-order valence-electron chi connectivity index (χ4n) is 5.98. The normalized spacial score (nSPS) is 19.7. The largest absolute Gasteiger partial charge is 0.506 e. The minimum absolute atomic E-state index is 0.0396. The predicted octanol–water partition coefficient (Wildman–Crippen LogP) is 3.68. The van der Waals surface area contributed by atoms with Crippen LogP contribution in [0.2, 0.25) is 0 Å². The topological polar surface area (TPSA) is 234 Å². The summed E-state index contributed by atoms with van der Waals surface area (Å²) in [6.45, 7) is 4.02. The number of aromatic nitrogens is 4. The number of ether oxygens (including phenoxy) is 3. The number of carbonyl (C=O) groups excluding carboxylic acids is 2. The molecule has 2 aromatic carbocycles. The number of aliphatic hydroxyl groups is 2. The summed E-state index contributed by atoms with van der Waals surface area (Å²) in [7, 11) is -4.49. The van der Waals surface area contributed by atoms with E-state index in [-0.39, 0.29) is 49.5 Å². The van der Waals surface area contributed by atoms with Gasteiger partial charge in [-0.15, -0.1) is 0 Å². The molecular formula is C36H45N8O9P. The number of nitrogens with one attached hydrogen (secondary N) is 3. The van der Waals surface area contributed by atoms with Crippen molar-refractivity contribution in [1.82, 2.24) is 29.7 Å². The Hall–Kier alpha value is -5.06. The van der Waals surface area contributed by atoms with Gasteiger partial charge in [-0.1, -0.05) is 60.7 Å². The standard InChI is InChI=1S/C36H45N8O9P/c1-4-50-32(46)25(18-22-12-8-6-9-13-22)42-54(49,43-26(33(47)51-5-2)19-23-14-10-7-11-15-23)52-20-27-29(45)36(3,48)34(53-27)44-21-38-28-30(39-24-16-17-24)40-35(37)41-31(28)44/h6-15,21,24-26,34,45,48H,4-5,16-20H2,1-3H3,(H2,42,43,49)(H3,37,39,40,41)/t25-,26-,34+,36?/m0/s1. The van der Waals surface area contributed by atoms with Gasteiger partial charge in [-0.2, -0.15) is 9.97 Å². The molecule has 0 saturated heterocycles. The molecule has 3 heterocycles. The van der Waals surface area contributed by atoms with Crippen LogP contribution in [0, 0.1) is 0 Å². The molecule has 1 saturated carbocycles. The van der Waals surface area contributed by atoms with Gasteiger partial charge < -0.3 is 35.5 Å². The lowest BCUT2D eigenvalue weighted by Crippen LogP contribution is -2.46. The Morgan fingerprint density at radius 1 is 0.981 bits per heavy atom. The number of nitrogen functional groups attached to an aromatic ring is 1. The Labute approximate surface area is 311 Å². The summed E-state index contributed by atoms with van der Waals surface area (Å²) in [5.41, 5.74) is 6.04. The van der Waals surface area contributed by atoms with Gasteiger partial charge in [-0.3, -0.25) is 23.2 Å². The molecule has 4 atom stereocenters. The maximum Gasteiger partial charge on any atom is 0.342 e. The van der Waals surface area contributed by atoms with Gasteiger partial charge >= 0.3 is 19.6 Å². The number of rotatable bonds is 18. The lowest BCUT2D eigenvalue weighted by Gasteiger charge is -2.28. The molecule has 18 heteroatoms. The Morgan fingerprint density at radius 3 is 2.06 bits per heavy atom. The highest BCUT2D eigenvalue weighted by atomic mass is 31.2. The third-order valence-electron chi connectivity index (χ3n) is 8.82. The molecule has 0 spiro atoms. The van der Waals surface area contributed by atoms with Crippen molar-refractivity contribution in [3.05, 3.63) is 89.6 Å². The van der Waals surface area contributed by atoms with Crippen molar-refractivity contribution < 1.29 is 43.1 Å². The fourth-order valence-corrected chi connectivity index (χ4v) is 7.72. The van der Waals surface area contributed by atoms with Crippen LogP contribution in [0.1, 0.15) is 51.0 Å². The minimum atomic E-state index is -4.49. The first-order valence-electron chi connectivity index (χ1n) is 17.7. The molecule has 0 radical (unpaired) electrons. The average molecular weight is 765 g/mol. The summed E-state index contributed by atoms with van der Waals surface area (Å²) < 4.78 is 39.1. The van der Waals surface area contributed by atoms with Crippen LogP contribution in [-0.2, 0) is 45.7 Å². The van der Waals surface area contributed by atoms with E-state index in [1.807, 2.05) is 12.1 Å². The number of aliphatic hydroxyl groups excluding tert-OH is 1. The van der Waals surface area contributed by atoms with Gasteiger partial charge in [-0.05, 0) is 57.6 Å². The first-order valence-corrected chi connectivity index (χ1v) is 19.3. The molecule has 1 fully saturated rings. The number of nitrogens with two attached hydrogens (primary N) is 1. The first-order chi connectivity index (χ1) is 25.9. The number of hydrogen-bond donors (Lipinski definition) is 6.